The Balaban J connectivity index is 1.60. The topological polar surface area (TPSA) is 81.7 Å². The van der Waals surface area contributed by atoms with Gasteiger partial charge in [-0.3, -0.25) is 4.79 Å². The molecule has 3 aromatic carbocycles. The highest BCUT2D eigenvalue weighted by Crippen LogP contribution is 2.21. The van der Waals surface area contributed by atoms with Crippen molar-refractivity contribution in [1.82, 2.24) is 5.32 Å². The number of carbonyl (C=O) groups excluding carboxylic acids is 1. The van der Waals surface area contributed by atoms with E-state index < -0.39 is 10.1 Å². The summed E-state index contributed by atoms with van der Waals surface area (Å²) in [5.41, 5.74) is 2.15. The van der Waals surface area contributed by atoms with Gasteiger partial charge in [0.05, 0.1) is 7.11 Å². The highest BCUT2D eigenvalue weighted by atomic mass is 32.2. The van der Waals surface area contributed by atoms with E-state index in [1.165, 1.54) is 24.8 Å². The zero-order valence-electron chi connectivity index (χ0n) is 17.9. The lowest BCUT2D eigenvalue weighted by molar-refractivity contribution is -0.141. The van der Waals surface area contributed by atoms with Crippen molar-refractivity contribution in [3.8, 4) is 5.75 Å². The largest absolute Gasteiger partial charge is 0.469 e. The fourth-order valence-electron chi connectivity index (χ4n) is 3.33. The van der Waals surface area contributed by atoms with Crippen molar-refractivity contribution < 1.29 is 22.1 Å². The Morgan fingerprint density at radius 1 is 0.875 bits per heavy atom. The first-order valence-corrected chi connectivity index (χ1v) is 11.8. The van der Waals surface area contributed by atoms with Crippen LogP contribution in [0.5, 0.6) is 5.75 Å². The second kappa shape index (κ2) is 11.5. The van der Waals surface area contributed by atoms with E-state index in [4.69, 9.17) is 8.92 Å². The number of benzene rings is 3. The number of rotatable bonds is 11. The van der Waals surface area contributed by atoms with Gasteiger partial charge in [-0.05, 0) is 54.3 Å². The second-order valence-electron chi connectivity index (χ2n) is 7.46. The summed E-state index contributed by atoms with van der Waals surface area (Å²) in [4.78, 5) is 12.0. The lowest BCUT2D eigenvalue weighted by atomic mass is 9.96. The fraction of sp³-hybridized carbons (Fsp3) is 0.240. The molecule has 0 heterocycles. The van der Waals surface area contributed by atoms with E-state index >= 15 is 0 Å². The first-order chi connectivity index (χ1) is 15.5. The molecule has 7 heteroatoms. The molecule has 6 nitrogen and oxygen atoms in total. The van der Waals surface area contributed by atoms with Crippen LogP contribution in [0.1, 0.15) is 17.5 Å². The minimum absolute atomic E-state index is 0.0333. The van der Waals surface area contributed by atoms with Crippen molar-refractivity contribution in [1.29, 1.82) is 0 Å². The quantitative estimate of drug-likeness (QED) is 0.350. The Labute approximate surface area is 189 Å². The van der Waals surface area contributed by atoms with Gasteiger partial charge in [0.25, 0.3) is 0 Å². The Bertz CT molecular complexity index is 1080. The van der Waals surface area contributed by atoms with E-state index in [-0.39, 0.29) is 22.5 Å². The molecular formula is C25H27NO5S. The summed E-state index contributed by atoms with van der Waals surface area (Å²) in [5, 5.41) is 3.40. The van der Waals surface area contributed by atoms with Gasteiger partial charge in [0, 0.05) is 13.0 Å². The number of esters is 1. The van der Waals surface area contributed by atoms with Crippen molar-refractivity contribution in [3.63, 3.8) is 0 Å². The monoisotopic (exact) mass is 453 g/mol. The Kier molecular flexibility index (Phi) is 8.41. The molecule has 0 amide bonds. The molecule has 1 unspecified atom stereocenters. The van der Waals surface area contributed by atoms with E-state index in [1.54, 1.807) is 30.3 Å². The van der Waals surface area contributed by atoms with Gasteiger partial charge in [0.2, 0.25) is 0 Å². The summed E-state index contributed by atoms with van der Waals surface area (Å²) in [5.74, 6) is 0.0146. The molecule has 0 aliphatic carbocycles. The maximum atomic E-state index is 12.4. The molecule has 32 heavy (non-hydrogen) atoms. The van der Waals surface area contributed by atoms with Crippen LogP contribution >= 0.6 is 0 Å². The summed E-state index contributed by atoms with van der Waals surface area (Å²) < 4.78 is 34.8. The van der Waals surface area contributed by atoms with Crippen LogP contribution in [0.15, 0.2) is 89.8 Å². The SMILES string of the molecule is COC(=O)CC(CNCc1ccccc1)Cc1ccc(OS(=O)(=O)c2ccccc2)cc1. The van der Waals surface area contributed by atoms with Gasteiger partial charge >= 0.3 is 16.1 Å². The van der Waals surface area contributed by atoms with Crippen LogP contribution in [0.4, 0.5) is 0 Å². The molecule has 1 atom stereocenters. The fourth-order valence-corrected chi connectivity index (χ4v) is 4.28. The van der Waals surface area contributed by atoms with Crippen LogP contribution in [0.3, 0.4) is 0 Å². The van der Waals surface area contributed by atoms with E-state index in [0.29, 0.717) is 25.9 Å². The molecule has 0 saturated carbocycles. The molecule has 3 rings (SSSR count). The number of hydrogen-bond acceptors (Lipinski definition) is 6. The van der Waals surface area contributed by atoms with Crippen LogP contribution in [0, 0.1) is 5.92 Å². The third kappa shape index (κ3) is 7.21. The average Bonchev–Trinajstić information content (AvgIpc) is 2.81. The standard InChI is InChI=1S/C25H27NO5S/c1-30-25(27)17-22(19-26-18-21-8-4-2-5-9-21)16-20-12-14-23(15-13-20)31-32(28,29)24-10-6-3-7-11-24/h2-15,22,26H,16-19H2,1H3. The number of methoxy groups -OCH3 is 1. The van der Waals surface area contributed by atoms with Crippen LogP contribution in [0.25, 0.3) is 0 Å². The van der Waals surface area contributed by atoms with Crippen molar-refractivity contribution in [3.05, 3.63) is 96.1 Å². The molecule has 0 bridgehead atoms. The van der Waals surface area contributed by atoms with Gasteiger partial charge in [0.15, 0.2) is 0 Å². The van der Waals surface area contributed by atoms with Gasteiger partial charge < -0.3 is 14.2 Å². The molecule has 0 aliphatic heterocycles. The molecule has 0 aromatic heterocycles. The zero-order valence-corrected chi connectivity index (χ0v) is 18.8. The van der Waals surface area contributed by atoms with E-state index in [0.717, 1.165) is 5.56 Å². The highest BCUT2D eigenvalue weighted by Gasteiger charge is 2.17. The molecule has 0 fully saturated rings. The zero-order chi connectivity index (χ0) is 22.8. The van der Waals surface area contributed by atoms with E-state index in [2.05, 4.69) is 5.32 Å². The van der Waals surface area contributed by atoms with Crippen LogP contribution < -0.4 is 9.50 Å². The molecule has 1 N–H and O–H groups in total. The summed E-state index contributed by atoms with van der Waals surface area (Å²) in [6.07, 6.45) is 0.932. The van der Waals surface area contributed by atoms with E-state index in [9.17, 15) is 13.2 Å². The van der Waals surface area contributed by atoms with Gasteiger partial charge in [-0.15, -0.1) is 0 Å². The predicted molar refractivity (Wildman–Crippen MR) is 123 cm³/mol. The molecule has 0 aliphatic rings. The summed E-state index contributed by atoms with van der Waals surface area (Å²) in [7, 11) is -2.49. The number of carbonyl (C=O) groups is 1. The van der Waals surface area contributed by atoms with Crippen LogP contribution in [-0.4, -0.2) is 28.0 Å². The summed E-state index contributed by atoms with van der Waals surface area (Å²) >= 11 is 0. The molecule has 168 valence electrons. The highest BCUT2D eigenvalue weighted by molar-refractivity contribution is 7.87. The van der Waals surface area contributed by atoms with Crippen molar-refractivity contribution in [2.75, 3.05) is 13.7 Å². The lowest BCUT2D eigenvalue weighted by Gasteiger charge is -2.17. The number of ether oxygens (including phenoxy) is 1. The predicted octanol–water partition coefficient (Wildman–Crippen LogP) is 3.97. The van der Waals surface area contributed by atoms with Gasteiger partial charge in [0.1, 0.15) is 10.6 Å². The van der Waals surface area contributed by atoms with Crippen molar-refractivity contribution >= 4 is 16.1 Å². The molecule has 0 radical (unpaired) electrons. The maximum absolute atomic E-state index is 12.4. The lowest BCUT2D eigenvalue weighted by Crippen LogP contribution is -2.26. The smallest absolute Gasteiger partial charge is 0.339 e. The van der Waals surface area contributed by atoms with Crippen molar-refractivity contribution in [2.24, 2.45) is 5.92 Å². The van der Waals surface area contributed by atoms with Crippen LogP contribution in [0.2, 0.25) is 0 Å². The van der Waals surface area contributed by atoms with Crippen LogP contribution in [-0.2, 0) is 32.6 Å². The molecule has 0 saturated heterocycles. The third-order valence-electron chi connectivity index (χ3n) is 4.97. The molecule has 0 spiro atoms. The summed E-state index contributed by atoms with van der Waals surface area (Å²) in [6, 6.07) is 24.9. The molecule has 3 aromatic rings. The first-order valence-electron chi connectivity index (χ1n) is 10.4. The first kappa shape index (κ1) is 23.5. The van der Waals surface area contributed by atoms with Crippen molar-refractivity contribution in [2.45, 2.75) is 24.3 Å². The van der Waals surface area contributed by atoms with Gasteiger partial charge in [-0.2, -0.15) is 8.42 Å². The third-order valence-corrected chi connectivity index (χ3v) is 6.23. The number of nitrogens with one attached hydrogen (secondary N) is 1. The van der Waals surface area contributed by atoms with Gasteiger partial charge in [-0.25, -0.2) is 0 Å². The second-order valence-corrected chi connectivity index (χ2v) is 9.01. The number of hydrogen-bond donors (Lipinski definition) is 1. The normalized spacial score (nSPS) is 12.2. The minimum Gasteiger partial charge on any atom is -0.469 e. The average molecular weight is 454 g/mol. The Hall–Kier alpha value is -3.16. The van der Waals surface area contributed by atoms with Gasteiger partial charge in [-0.1, -0.05) is 60.7 Å². The summed E-state index contributed by atoms with van der Waals surface area (Å²) in [6.45, 7) is 1.35. The van der Waals surface area contributed by atoms with E-state index in [1.807, 2.05) is 42.5 Å². The molecular weight excluding hydrogens is 426 g/mol. The maximum Gasteiger partial charge on any atom is 0.339 e. The minimum atomic E-state index is -3.88. The Morgan fingerprint density at radius 2 is 1.50 bits per heavy atom. The Morgan fingerprint density at radius 3 is 2.12 bits per heavy atom.